The Morgan fingerprint density at radius 1 is 1.12 bits per heavy atom. The van der Waals surface area contributed by atoms with Crippen LogP contribution < -0.4 is 15.4 Å². The van der Waals surface area contributed by atoms with E-state index in [9.17, 15) is 9.59 Å². The van der Waals surface area contributed by atoms with Gasteiger partial charge in [0.25, 0.3) is 0 Å². The van der Waals surface area contributed by atoms with E-state index >= 15 is 0 Å². The molecular weight excluding hydrogens is 474 g/mol. The van der Waals surface area contributed by atoms with Gasteiger partial charge in [-0.1, -0.05) is 53.7 Å². The van der Waals surface area contributed by atoms with Gasteiger partial charge in [0.05, 0.1) is 24.6 Å². The van der Waals surface area contributed by atoms with Crippen molar-refractivity contribution in [3.05, 3.63) is 71.0 Å². The van der Waals surface area contributed by atoms with Crippen LogP contribution in [0.4, 0.5) is 5.69 Å². The molecule has 0 radical (unpaired) electrons. The number of anilines is 1. The summed E-state index contributed by atoms with van der Waals surface area (Å²) in [5, 5.41) is 15.2. The van der Waals surface area contributed by atoms with Crippen molar-refractivity contribution in [2.75, 3.05) is 17.7 Å². The summed E-state index contributed by atoms with van der Waals surface area (Å²) in [6.07, 6.45) is 3.08. The van der Waals surface area contributed by atoms with E-state index in [1.54, 1.807) is 18.2 Å². The largest absolute Gasteiger partial charge is 0.492 e. The van der Waals surface area contributed by atoms with Crippen LogP contribution in [0.1, 0.15) is 25.2 Å². The molecule has 3 aromatic rings. The highest BCUT2D eigenvalue weighted by molar-refractivity contribution is 7.99. The SMILES string of the molecule is CCOc1ccccc1NC(=O)CSc1nnc(CNC(=O)/C=C/c2ccccc2Cl)n1CC. The number of rotatable bonds is 11. The fraction of sp³-hybridized carbons (Fsp3) is 0.250. The zero-order valence-electron chi connectivity index (χ0n) is 19.0. The first kappa shape index (κ1) is 25.3. The molecule has 2 N–H and O–H groups in total. The van der Waals surface area contributed by atoms with E-state index in [0.717, 1.165) is 5.56 Å². The molecule has 0 fully saturated rings. The highest BCUT2D eigenvalue weighted by atomic mass is 35.5. The molecule has 0 atom stereocenters. The minimum absolute atomic E-state index is 0.158. The number of halogens is 1. The third kappa shape index (κ3) is 7.10. The van der Waals surface area contributed by atoms with Gasteiger partial charge in [0, 0.05) is 17.6 Å². The van der Waals surface area contributed by atoms with Crippen molar-refractivity contribution in [3.8, 4) is 5.75 Å². The summed E-state index contributed by atoms with van der Waals surface area (Å²) in [5.41, 5.74) is 1.39. The first-order valence-electron chi connectivity index (χ1n) is 10.8. The van der Waals surface area contributed by atoms with E-state index in [1.807, 2.05) is 54.8 Å². The molecule has 1 aromatic heterocycles. The molecule has 2 aromatic carbocycles. The van der Waals surface area contributed by atoms with Crippen LogP contribution in [-0.2, 0) is 22.7 Å². The number of hydrogen-bond acceptors (Lipinski definition) is 6. The van der Waals surface area contributed by atoms with Gasteiger partial charge < -0.3 is 19.9 Å². The van der Waals surface area contributed by atoms with Gasteiger partial charge in [-0.15, -0.1) is 10.2 Å². The summed E-state index contributed by atoms with van der Waals surface area (Å²) < 4.78 is 7.41. The number of thioether (sulfide) groups is 1. The quantitative estimate of drug-likeness (QED) is 0.299. The Bertz CT molecular complexity index is 1170. The average molecular weight is 500 g/mol. The van der Waals surface area contributed by atoms with Crippen molar-refractivity contribution >= 4 is 46.9 Å². The van der Waals surface area contributed by atoms with Gasteiger partial charge in [0.15, 0.2) is 11.0 Å². The van der Waals surface area contributed by atoms with Crippen molar-refractivity contribution in [2.24, 2.45) is 0 Å². The highest BCUT2D eigenvalue weighted by Crippen LogP contribution is 2.24. The molecule has 0 aliphatic rings. The molecule has 0 aliphatic heterocycles. The Kier molecular flexibility index (Phi) is 9.54. The maximum absolute atomic E-state index is 12.5. The molecule has 2 amide bonds. The Labute approximate surface area is 207 Å². The molecule has 0 saturated carbocycles. The topological polar surface area (TPSA) is 98.1 Å². The highest BCUT2D eigenvalue weighted by Gasteiger charge is 2.14. The van der Waals surface area contributed by atoms with Crippen molar-refractivity contribution in [3.63, 3.8) is 0 Å². The van der Waals surface area contributed by atoms with Crippen LogP contribution in [0.3, 0.4) is 0 Å². The number of nitrogens with one attached hydrogen (secondary N) is 2. The van der Waals surface area contributed by atoms with Gasteiger partial charge in [-0.3, -0.25) is 9.59 Å². The van der Waals surface area contributed by atoms with Crippen LogP contribution >= 0.6 is 23.4 Å². The lowest BCUT2D eigenvalue weighted by Gasteiger charge is -2.11. The van der Waals surface area contributed by atoms with Gasteiger partial charge in [-0.2, -0.15) is 0 Å². The van der Waals surface area contributed by atoms with Gasteiger partial charge >= 0.3 is 0 Å². The first-order valence-corrected chi connectivity index (χ1v) is 12.1. The van der Waals surface area contributed by atoms with Crippen LogP contribution in [-0.4, -0.2) is 38.9 Å². The van der Waals surface area contributed by atoms with E-state index in [-0.39, 0.29) is 24.1 Å². The minimum atomic E-state index is -0.271. The predicted octanol–water partition coefficient (Wildman–Crippen LogP) is 4.41. The zero-order chi connectivity index (χ0) is 24.3. The number of benzene rings is 2. The maximum atomic E-state index is 12.5. The normalized spacial score (nSPS) is 10.9. The summed E-state index contributed by atoms with van der Waals surface area (Å²) in [4.78, 5) is 24.7. The molecule has 0 bridgehead atoms. The third-order valence-corrected chi connectivity index (χ3v) is 5.95. The number of aromatic nitrogens is 3. The summed E-state index contributed by atoms with van der Waals surface area (Å²) in [6, 6.07) is 14.6. The van der Waals surface area contributed by atoms with Crippen LogP contribution in [0.25, 0.3) is 6.08 Å². The van der Waals surface area contributed by atoms with Crippen molar-refractivity contribution in [1.29, 1.82) is 0 Å². The molecular formula is C24H26ClN5O3S. The van der Waals surface area contributed by atoms with Crippen LogP contribution in [0.15, 0.2) is 59.8 Å². The molecule has 1 heterocycles. The maximum Gasteiger partial charge on any atom is 0.244 e. The standard InChI is InChI=1S/C24H26ClN5O3S/c1-3-30-21(15-26-22(31)14-13-17-9-5-6-10-18(17)25)28-29-24(30)34-16-23(32)27-19-11-7-8-12-20(19)33-4-2/h5-14H,3-4,15-16H2,1-2H3,(H,26,31)(H,27,32)/b14-13+. The van der Waals surface area contributed by atoms with Crippen LogP contribution in [0.5, 0.6) is 5.75 Å². The Morgan fingerprint density at radius 3 is 2.65 bits per heavy atom. The smallest absolute Gasteiger partial charge is 0.244 e. The summed E-state index contributed by atoms with van der Waals surface area (Å²) >= 11 is 7.38. The summed E-state index contributed by atoms with van der Waals surface area (Å²) in [5.74, 6) is 0.939. The van der Waals surface area contributed by atoms with E-state index in [0.29, 0.717) is 40.6 Å². The minimum Gasteiger partial charge on any atom is -0.492 e. The number of carbonyl (C=O) groups excluding carboxylic acids is 2. The molecule has 178 valence electrons. The lowest BCUT2D eigenvalue weighted by atomic mass is 10.2. The molecule has 0 spiro atoms. The van der Waals surface area contributed by atoms with Crippen molar-refractivity contribution in [2.45, 2.75) is 32.1 Å². The van der Waals surface area contributed by atoms with E-state index in [2.05, 4.69) is 20.8 Å². The molecule has 3 rings (SSSR count). The number of ether oxygens (including phenoxy) is 1. The lowest BCUT2D eigenvalue weighted by molar-refractivity contribution is -0.116. The molecule has 8 nitrogen and oxygen atoms in total. The average Bonchev–Trinajstić information content (AvgIpc) is 3.24. The zero-order valence-corrected chi connectivity index (χ0v) is 20.5. The van der Waals surface area contributed by atoms with E-state index in [4.69, 9.17) is 16.3 Å². The van der Waals surface area contributed by atoms with Crippen LogP contribution in [0.2, 0.25) is 5.02 Å². The monoisotopic (exact) mass is 499 g/mol. The van der Waals surface area contributed by atoms with E-state index < -0.39 is 0 Å². The second kappa shape index (κ2) is 12.8. The molecule has 34 heavy (non-hydrogen) atoms. The molecule has 0 unspecified atom stereocenters. The fourth-order valence-electron chi connectivity index (χ4n) is 3.04. The number of nitrogens with zero attached hydrogens (tertiary/aromatic N) is 3. The number of para-hydroxylation sites is 2. The van der Waals surface area contributed by atoms with Crippen molar-refractivity contribution < 1.29 is 14.3 Å². The van der Waals surface area contributed by atoms with Crippen molar-refractivity contribution in [1.82, 2.24) is 20.1 Å². The number of amides is 2. The predicted molar refractivity (Wildman–Crippen MR) is 135 cm³/mol. The summed E-state index contributed by atoms with van der Waals surface area (Å²) in [7, 11) is 0. The Hall–Kier alpha value is -3.30. The number of carbonyl (C=O) groups is 2. The Balaban J connectivity index is 1.54. The van der Waals surface area contributed by atoms with Gasteiger partial charge in [-0.05, 0) is 43.7 Å². The van der Waals surface area contributed by atoms with Gasteiger partial charge in [-0.25, -0.2) is 0 Å². The second-order valence-corrected chi connectivity index (χ2v) is 8.33. The third-order valence-electron chi connectivity index (χ3n) is 4.64. The fourth-order valence-corrected chi connectivity index (χ4v) is 4.06. The van der Waals surface area contributed by atoms with Gasteiger partial charge in [0.1, 0.15) is 5.75 Å². The van der Waals surface area contributed by atoms with Crippen LogP contribution in [0, 0.1) is 0 Å². The molecule has 10 heteroatoms. The molecule has 0 aliphatic carbocycles. The summed E-state index contributed by atoms with van der Waals surface area (Å²) in [6.45, 7) is 5.16. The molecule has 0 saturated heterocycles. The van der Waals surface area contributed by atoms with Gasteiger partial charge in [0.2, 0.25) is 11.8 Å². The second-order valence-electron chi connectivity index (χ2n) is 6.98. The number of hydrogen-bond donors (Lipinski definition) is 2. The Morgan fingerprint density at radius 2 is 1.88 bits per heavy atom. The van der Waals surface area contributed by atoms with E-state index in [1.165, 1.54) is 17.8 Å². The first-order chi connectivity index (χ1) is 16.5. The lowest BCUT2D eigenvalue weighted by Crippen LogP contribution is -2.22.